The third kappa shape index (κ3) is 5.94. The maximum absolute atomic E-state index is 11.9. The Morgan fingerprint density at radius 3 is 2.00 bits per heavy atom. The van der Waals surface area contributed by atoms with Crippen LogP contribution in [0.5, 0.6) is 5.75 Å². The summed E-state index contributed by atoms with van der Waals surface area (Å²) in [7, 11) is 0. The molecule has 2 N–H and O–H groups in total. The van der Waals surface area contributed by atoms with E-state index in [0.29, 0.717) is 29.3 Å². The lowest BCUT2D eigenvalue weighted by atomic mass is 10.2. The van der Waals surface area contributed by atoms with Crippen LogP contribution in [0, 0.1) is 0 Å². The summed E-state index contributed by atoms with van der Waals surface area (Å²) in [6.45, 7) is 3.41. The monoisotopic (exact) mass is 356 g/mol. The zero-order valence-corrected chi connectivity index (χ0v) is 14.6. The summed E-state index contributed by atoms with van der Waals surface area (Å²) in [4.78, 5) is 34.8. The summed E-state index contributed by atoms with van der Waals surface area (Å²) < 4.78 is 10.3. The highest BCUT2D eigenvalue weighted by Gasteiger charge is 2.10. The molecule has 7 nitrogen and oxygen atoms in total. The van der Waals surface area contributed by atoms with Gasteiger partial charge in [-0.2, -0.15) is 0 Å². The first-order chi connectivity index (χ1) is 12.5. The van der Waals surface area contributed by atoms with Gasteiger partial charge in [0.2, 0.25) is 5.91 Å². The predicted octanol–water partition coefficient (Wildman–Crippen LogP) is 2.84. The van der Waals surface area contributed by atoms with Gasteiger partial charge in [-0.05, 0) is 55.5 Å². The highest BCUT2D eigenvalue weighted by Crippen LogP contribution is 2.14. The number of nitrogens with one attached hydrogen (secondary N) is 2. The molecular weight excluding hydrogens is 336 g/mol. The fraction of sp³-hybridized carbons (Fsp3) is 0.211. The zero-order valence-electron chi connectivity index (χ0n) is 14.6. The van der Waals surface area contributed by atoms with Gasteiger partial charge in [0.25, 0.3) is 5.91 Å². The van der Waals surface area contributed by atoms with Gasteiger partial charge >= 0.3 is 5.97 Å². The Morgan fingerprint density at radius 2 is 1.46 bits per heavy atom. The van der Waals surface area contributed by atoms with Crippen molar-refractivity contribution >= 4 is 29.2 Å². The second-order valence-corrected chi connectivity index (χ2v) is 5.34. The Labute approximate surface area is 151 Å². The molecule has 0 aliphatic heterocycles. The van der Waals surface area contributed by atoms with Gasteiger partial charge in [0.1, 0.15) is 5.75 Å². The number of ether oxygens (including phenoxy) is 2. The van der Waals surface area contributed by atoms with Crippen molar-refractivity contribution in [2.24, 2.45) is 0 Å². The number of hydrogen-bond donors (Lipinski definition) is 2. The van der Waals surface area contributed by atoms with Gasteiger partial charge in [-0.1, -0.05) is 0 Å². The topological polar surface area (TPSA) is 93.7 Å². The van der Waals surface area contributed by atoms with Gasteiger partial charge in [0.15, 0.2) is 6.61 Å². The lowest BCUT2D eigenvalue weighted by molar-refractivity contribution is -0.119. The van der Waals surface area contributed by atoms with Gasteiger partial charge in [-0.3, -0.25) is 9.59 Å². The summed E-state index contributed by atoms with van der Waals surface area (Å²) in [5.74, 6) is -0.576. The molecule has 0 aliphatic carbocycles. The highest BCUT2D eigenvalue weighted by atomic mass is 16.5. The Kier molecular flexibility index (Phi) is 6.73. The molecule has 136 valence electrons. The molecule has 2 amide bonds. The molecule has 0 bridgehead atoms. The van der Waals surface area contributed by atoms with Crippen LogP contribution in [0.3, 0.4) is 0 Å². The number of anilines is 2. The molecule has 2 aromatic rings. The van der Waals surface area contributed by atoms with Crippen LogP contribution in [0.1, 0.15) is 24.2 Å². The largest absolute Gasteiger partial charge is 0.494 e. The highest BCUT2D eigenvalue weighted by molar-refractivity contribution is 5.96. The minimum atomic E-state index is -0.593. The summed E-state index contributed by atoms with van der Waals surface area (Å²) in [6, 6.07) is 13.1. The average molecular weight is 356 g/mol. The van der Waals surface area contributed by atoms with E-state index in [1.165, 1.54) is 6.92 Å². The number of rotatable bonds is 7. The van der Waals surface area contributed by atoms with Crippen molar-refractivity contribution in [2.45, 2.75) is 13.8 Å². The van der Waals surface area contributed by atoms with E-state index in [-0.39, 0.29) is 5.91 Å². The molecule has 0 saturated heterocycles. The van der Waals surface area contributed by atoms with Gasteiger partial charge in [-0.25, -0.2) is 4.79 Å². The second-order valence-electron chi connectivity index (χ2n) is 5.34. The van der Waals surface area contributed by atoms with Gasteiger partial charge < -0.3 is 20.1 Å². The number of hydrogen-bond acceptors (Lipinski definition) is 5. The lowest BCUT2D eigenvalue weighted by Gasteiger charge is -2.08. The van der Waals surface area contributed by atoms with Crippen molar-refractivity contribution in [3.05, 3.63) is 54.1 Å². The summed E-state index contributed by atoms with van der Waals surface area (Å²) in [5, 5.41) is 5.23. The van der Waals surface area contributed by atoms with Crippen LogP contribution in [-0.2, 0) is 14.3 Å². The van der Waals surface area contributed by atoms with Gasteiger partial charge in [0, 0.05) is 18.3 Å². The third-order valence-corrected chi connectivity index (χ3v) is 3.22. The van der Waals surface area contributed by atoms with E-state index in [0.717, 1.165) is 0 Å². The first-order valence-electron chi connectivity index (χ1n) is 8.05. The van der Waals surface area contributed by atoms with Crippen LogP contribution >= 0.6 is 0 Å². The van der Waals surface area contributed by atoms with E-state index in [1.807, 2.05) is 6.92 Å². The predicted molar refractivity (Wildman–Crippen MR) is 97.3 cm³/mol. The molecule has 0 fully saturated rings. The van der Waals surface area contributed by atoms with Crippen molar-refractivity contribution in [2.75, 3.05) is 23.8 Å². The summed E-state index contributed by atoms with van der Waals surface area (Å²) >= 11 is 0. The molecule has 0 radical (unpaired) electrons. The number of benzene rings is 2. The molecule has 7 heteroatoms. The summed E-state index contributed by atoms with van der Waals surface area (Å²) in [5.41, 5.74) is 1.49. The molecule has 0 aliphatic rings. The van der Waals surface area contributed by atoms with Gasteiger partial charge in [0.05, 0.1) is 12.2 Å². The second kappa shape index (κ2) is 9.22. The molecule has 0 saturated carbocycles. The standard InChI is InChI=1S/C19H20N2O5/c1-3-25-17-10-4-14(5-11-17)19(24)26-12-18(23)21-16-8-6-15(7-9-16)20-13(2)22/h4-11H,3,12H2,1-2H3,(H,20,22)(H,21,23). The lowest BCUT2D eigenvalue weighted by Crippen LogP contribution is -2.20. The SMILES string of the molecule is CCOc1ccc(C(=O)OCC(=O)Nc2ccc(NC(C)=O)cc2)cc1. The Bertz CT molecular complexity index is 770. The maximum atomic E-state index is 11.9. The molecular formula is C19H20N2O5. The van der Waals surface area contributed by atoms with Crippen molar-refractivity contribution < 1.29 is 23.9 Å². The minimum Gasteiger partial charge on any atom is -0.494 e. The number of carbonyl (C=O) groups excluding carboxylic acids is 3. The van der Waals surface area contributed by atoms with Crippen LogP contribution in [0.2, 0.25) is 0 Å². The fourth-order valence-corrected chi connectivity index (χ4v) is 2.11. The minimum absolute atomic E-state index is 0.178. The molecule has 0 heterocycles. The number of esters is 1. The molecule has 0 unspecified atom stereocenters. The Balaban J connectivity index is 1.82. The first-order valence-corrected chi connectivity index (χ1v) is 8.05. The van der Waals surface area contributed by atoms with Crippen molar-refractivity contribution in [1.82, 2.24) is 0 Å². The smallest absolute Gasteiger partial charge is 0.338 e. The van der Waals surface area contributed by atoms with E-state index >= 15 is 0 Å². The van der Waals surface area contributed by atoms with Crippen LogP contribution in [-0.4, -0.2) is 31.0 Å². The van der Waals surface area contributed by atoms with E-state index < -0.39 is 18.5 Å². The van der Waals surface area contributed by atoms with Crippen LogP contribution in [0.4, 0.5) is 11.4 Å². The van der Waals surface area contributed by atoms with Crippen molar-refractivity contribution in [1.29, 1.82) is 0 Å². The summed E-state index contributed by atoms with van der Waals surface area (Å²) in [6.07, 6.45) is 0. The number of amides is 2. The van der Waals surface area contributed by atoms with E-state index in [4.69, 9.17) is 9.47 Å². The van der Waals surface area contributed by atoms with Crippen LogP contribution < -0.4 is 15.4 Å². The molecule has 2 aromatic carbocycles. The zero-order chi connectivity index (χ0) is 18.9. The van der Waals surface area contributed by atoms with E-state index in [9.17, 15) is 14.4 Å². The normalized spacial score (nSPS) is 9.92. The fourth-order valence-electron chi connectivity index (χ4n) is 2.11. The van der Waals surface area contributed by atoms with Gasteiger partial charge in [-0.15, -0.1) is 0 Å². The first kappa shape index (κ1) is 19.0. The van der Waals surface area contributed by atoms with Crippen molar-refractivity contribution in [3.8, 4) is 5.75 Å². The molecule has 0 spiro atoms. The average Bonchev–Trinajstić information content (AvgIpc) is 2.62. The van der Waals surface area contributed by atoms with Crippen LogP contribution in [0.25, 0.3) is 0 Å². The van der Waals surface area contributed by atoms with E-state index in [2.05, 4.69) is 10.6 Å². The molecule has 0 aromatic heterocycles. The molecule has 26 heavy (non-hydrogen) atoms. The van der Waals surface area contributed by atoms with Crippen LogP contribution in [0.15, 0.2) is 48.5 Å². The Morgan fingerprint density at radius 1 is 0.885 bits per heavy atom. The quantitative estimate of drug-likeness (QED) is 0.744. The third-order valence-electron chi connectivity index (χ3n) is 3.22. The van der Waals surface area contributed by atoms with Crippen molar-refractivity contribution in [3.63, 3.8) is 0 Å². The number of carbonyl (C=O) groups is 3. The maximum Gasteiger partial charge on any atom is 0.338 e. The van der Waals surface area contributed by atoms with E-state index in [1.54, 1.807) is 48.5 Å². The molecule has 0 atom stereocenters. The molecule has 2 rings (SSSR count). The Hall–Kier alpha value is -3.35.